The van der Waals surface area contributed by atoms with Crippen molar-refractivity contribution in [3.8, 4) is 0 Å². The van der Waals surface area contributed by atoms with Gasteiger partial charge in [0.05, 0.1) is 0 Å². The van der Waals surface area contributed by atoms with Gasteiger partial charge in [0.25, 0.3) is 0 Å². The van der Waals surface area contributed by atoms with E-state index in [0.717, 1.165) is 42.6 Å². The monoisotopic (exact) mass is 599 g/mol. The summed E-state index contributed by atoms with van der Waals surface area (Å²) < 4.78 is 13.7. The average Bonchev–Trinajstić information content (AvgIpc) is 3.60. The van der Waals surface area contributed by atoms with Crippen LogP contribution in [0, 0.1) is 29.0 Å². The minimum atomic E-state index is -0.0113. The van der Waals surface area contributed by atoms with E-state index in [2.05, 4.69) is 93.5 Å². The van der Waals surface area contributed by atoms with Gasteiger partial charge in [-0.05, 0) is 81.9 Å². The predicted octanol–water partition coefficient (Wildman–Crippen LogP) is 14.7. The van der Waals surface area contributed by atoms with E-state index in [1.54, 1.807) is 6.07 Å². The molecular formula is C42H75F. The quantitative estimate of drug-likeness (QED) is 0.234. The van der Waals surface area contributed by atoms with Crippen LogP contribution in [0.3, 0.4) is 0 Å². The summed E-state index contributed by atoms with van der Waals surface area (Å²) in [7, 11) is 0. The zero-order valence-corrected chi connectivity index (χ0v) is 31.6. The van der Waals surface area contributed by atoms with Crippen LogP contribution in [0.5, 0.6) is 0 Å². The topological polar surface area (TPSA) is 0 Å². The van der Waals surface area contributed by atoms with Crippen LogP contribution in [-0.4, -0.2) is 0 Å². The molecule has 2 fully saturated rings. The summed E-state index contributed by atoms with van der Waals surface area (Å²) >= 11 is 0. The van der Waals surface area contributed by atoms with Crippen molar-refractivity contribution in [3.63, 3.8) is 0 Å². The molecule has 43 heavy (non-hydrogen) atoms. The second kappa shape index (κ2) is 25.7. The molecule has 0 amide bonds. The molecule has 2 saturated carbocycles. The summed E-state index contributed by atoms with van der Waals surface area (Å²) in [4.78, 5) is 0. The number of allylic oxidation sites excluding steroid dienone is 6. The lowest BCUT2D eigenvalue weighted by molar-refractivity contribution is 0.308. The van der Waals surface area contributed by atoms with E-state index in [-0.39, 0.29) is 5.82 Å². The smallest absolute Gasteiger partial charge is 0.126 e. The van der Waals surface area contributed by atoms with E-state index < -0.39 is 0 Å². The summed E-state index contributed by atoms with van der Waals surface area (Å²) in [6.45, 7) is 30.0. The van der Waals surface area contributed by atoms with Crippen LogP contribution in [0.4, 0.5) is 4.39 Å². The molecule has 0 atom stereocenters. The molecule has 1 heteroatoms. The molecule has 0 saturated heterocycles. The molecule has 1 aromatic carbocycles. The van der Waals surface area contributed by atoms with Crippen molar-refractivity contribution in [2.45, 2.75) is 174 Å². The fourth-order valence-electron chi connectivity index (χ4n) is 5.33. The van der Waals surface area contributed by atoms with Crippen LogP contribution < -0.4 is 0 Å². The SMILES string of the molecule is C/C=C(\C)C(C)=CCC.CC.CC.CC1=CC1(C)C.CC1CCC(C)CC1.CCc1ccc(F)c(CC2CCCCC2)c1. The van der Waals surface area contributed by atoms with Crippen LogP contribution in [0.1, 0.15) is 172 Å². The summed E-state index contributed by atoms with van der Waals surface area (Å²) in [5.74, 6) is 2.75. The van der Waals surface area contributed by atoms with E-state index in [4.69, 9.17) is 0 Å². The molecule has 4 rings (SSSR count). The number of halogens is 1. The molecule has 0 aromatic heterocycles. The Morgan fingerprint density at radius 1 is 0.837 bits per heavy atom. The van der Waals surface area contributed by atoms with E-state index in [0.29, 0.717) is 5.41 Å². The Bertz CT molecular complexity index is 889. The molecular weight excluding hydrogens is 523 g/mol. The molecule has 3 aliphatic carbocycles. The van der Waals surface area contributed by atoms with Gasteiger partial charge in [-0.25, -0.2) is 4.39 Å². The zero-order chi connectivity index (χ0) is 33.4. The third-order valence-corrected chi connectivity index (χ3v) is 9.13. The number of benzene rings is 1. The minimum absolute atomic E-state index is 0.0113. The average molecular weight is 599 g/mol. The molecule has 0 unspecified atom stereocenters. The van der Waals surface area contributed by atoms with Gasteiger partial charge in [0, 0.05) is 5.41 Å². The lowest BCUT2D eigenvalue weighted by Gasteiger charge is -2.22. The highest BCUT2D eigenvalue weighted by atomic mass is 19.1. The first-order chi connectivity index (χ1) is 20.4. The molecule has 3 aliphatic rings. The van der Waals surface area contributed by atoms with Crippen LogP contribution in [-0.2, 0) is 12.8 Å². The van der Waals surface area contributed by atoms with Crippen molar-refractivity contribution < 1.29 is 4.39 Å². The molecule has 0 spiro atoms. The van der Waals surface area contributed by atoms with Gasteiger partial charge in [-0.3, -0.25) is 0 Å². The standard InChI is InChI=1S/C15H21F.C9H16.C8H16.C6H10.2C2H6/c1-2-12-8-9-15(16)14(10-12)11-13-6-4-3-5-7-13;1-5-7-9(4)8(3)6-2;1-7-3-5-8(2)6-4-7;1-5-4-6(5,2)3;2*1-2/h8-10,13H,2-7,11H2,1H3;6-7H,5H2,1-4H3;7-8H,3-6H2,1-2H3;4H,1-3H3;2*1-2H3/b;8-6+,9-7?;;;;. The maximum atomic E-state index is 13.7. The number of rotatable bonds is 5. The molecule has 0 N–H and O–H groups in total. The highest BCUT2D eigenvalue weighted by molar-refractivity contribution is 5.33. The largest absolute Gasteiger partial charge is 0.207 e. The Hall–Kier alpha value is -1.63. The maximum Gasteiger partial charge on any atom is 0.126 e. The van der Waals surface area contributed by atoms with Crippen LogP contribution in [0.2, 0.25) is 0 Å². The van der Waals surface area contributed by atoms with Crippen molar-refractivity contribution in [2.75, 3.05) is 0 Å². The van der Waals surface area contributed by atoms with Crippen LogP contribution >= 0.6 is 0 Å². The number of aryl methyl sites for hydroxylation is 1. The summed E-state index contributed by atoms with van der Waals surface area (Å²) in [6.07, 6.45) is 22.2. The van der Waals surface area contributed by atoms with Crippen molar-refractivity contribution >= 4 is 0 Å². The van der Waals surface area contributed by atoms with E-state index in [9.17, 15) is 4.39 Å². The fraction of sp³-hybridized carbons (Fsp3) is 0.714. The van der Waals surface area contributed by atoms with E-state index in [1.807, 2.05) is 33.8 Å². The van der Waals surface area contributed by atoms with Crippen LogP contribution in [0.25, 0.3) is 0 Å². The van der Waals surface area contributed by atoms with Gasteiger partial charge in [0.1, 0.15) is 5.82 Å². The van der Waals surface area contributed by atoms with Gasteiger partial charge < -0.3 is 0 Å². The minimum Gasteiger partial charge on any atom is -0.207 e. The lowest BCUT2D eigenvalue weighted by atomic mass is 9.84. The second-order valence-electron chi connectivity index (χ2n) is 13.2. The first kappa shape index (κ1) is 43.5. The molecule has 0 aliphatic heterocycles. The van der Waals surface area contributed by atoms with Crippen molar-refractivity contribution in [3.05, 3.63) is 70.1 Å². The summed E-state index contributed by atoms with van der Waals surface area (Å²) in [6, 6.07) is 5.60. The van der Waals surface area contributed by atoms with Crippen molar-refractivity contribution in [1.29, 1.82) is 0 Å². The molecule has 0 bridgehead atoms. The molecule has 250 valence electrons. The number of hydrogen-bond donors (Lipinski definition) is 0. The lowest BCUT2D eigenvalue weighted by Crippen LogP contribution is -2.10. The Morgan fingerprint density at radius 3 is 1.67 bits per heavy atom. The molecule has 0 heterocycles. The molecule has 0 radical (unpaired) electrons. The predicted molar refractivity (Wildman–Crippen MR) is 197 cm³/mol. The second-order valence-corrected chi connectivity index (χ2v) is 13.2. The summed E-state index contributed by atoms with van der Waals surface area (Å²) in [5, 5.41) is 0. The summed E-state index contributed by atoms with van der Waals surface area (Å²) in [5.41, 5.74) is 7.01. The normalized spacial score (nSPS) is 20.9. The van der Waals surface area contributed by atoms with Crippen molar-refractivity contribution in [2.24, 2.45) is 23.2 Å². The third kappa shape index (κ3) is 20.9. The number of hydrogen-bond acceptors (Lipinski definition) is 0. The Morgan fingerprint density at radius 2 is 1.30 bits per heavy atom. The van der Waals surface area contributed by atoms with Gasteiger partial charge in [-0.15, -0.1) is 0 Å². The fourth-order valence-corrected chi connectivity index (χ4v) is 5.33. The third-order valence-electron chi connectivity index (χ3n) is 9.13. The highest BCUT2D eigenvalue weighted by Gasteiger charge is 2.28. The van der Waals surface area contributed by atoms with Gasteiger partial charge in [-0.2, -0.15) is 0 Å². The Labute approximate surface area is 271 Å². The van der Waals surface area contributed by atoms with Gasteiger partial charge >= 0.3 is 0 Å². The van der Waals surface area contributed by atoms with E-state index >= 15 is 0 Å². The van der Waals surface area contributed by atoms with Gasteiger partial charge in [-0.1, -0.05) is 174 Å². The Balaban J connectivity index is 0. The van der Waals surface area contributed by atoms with E-state index in [1.165, 1.54) is 80.1 Å². The van der Waals surface area contributed by atoms with Gasteiger partial charge in [0.2, 0.25) is 0 Å². The first-order valence-corrected chi connectivity index (χ1v) is 18.2. The zero-order valence-electron chi connectivity index (χ0n) is 31.6. The van der Waals surface area contributed by atoms with Crippen LogP contribution in [0.15, 0.2) is 53.1 Å². The van der Waals surface area contributed by atoms with Crippen molar-refractivity contribution in [1.82, 2.24) is 0 Å². The molecule has 1 aromatic rings. The maximum absolute atomic E-state index is 13.7. The first-order valence-electron chi connectivity index (χ1n) is 18.2. The molecule has 0 nitrogen and oxygen atoms in total. The highest BCUT2D eigenvalue weighted by Crippen LogP contribution is 2.41. The Kier molecular flexibility index (Phi) is 26.0. The van der Waals surface area contributed by atoms with Gasteiger partial charge in [0.15, 0.2) is 0 Å².